The summed E-state index contributed by atoms with van der Waals surface area (Å²) in [7, 11) is 0. The predicted octanol–water partition coefficient (Wildman–Crippen LogP) is 2.15. The second-order valence-electron chi connectivity index (χ2n) is 7.92. The third kappa shape index (κ3) is 2.77. The predicted molar refractivity (Wildman–Crippen MR) is 106 cm³/mol. The average molecular weight is 412 g/mol. The first-order valence-electron chi connectivity index (χ1n) is 9.59. The maximum atomic E-state index is 15.0. The third-order valence-electron chi connectivity index (χ3n) is 6.16. The van der Waals surface area contributed by atoms with Crippen LogP contribution in [0.1, 0.15) is 16.8 Å². The molecule has 0 unspecified atom stereocenters. The molecule has 2 aromatic heterocycles. The Morgan fingerprint density at radius 3 is 2.57 bits per heavy atom. The van der Waals surface area contributed by atoms with Crippen LogP contribution in [0.25, 0.3) is 16.7 Å². The minimum Gasteiger partial charge on any atom is -0.477 e. The maximum Gasteiger partial charge on any atom is 0.341 e. The molecule has 7 nitrogen and oxygen atoms in total. The highest BCUT2D eigenvalue weighted by Crippen LogP contribution is 2.41. The van der Waals surface area contributed by atoms with Crippen molar-refractivity contribution >= 4 is 22.8 Å². The number of carboxylic acids is 1. The zero-order valence-electron chi connectivity index (χ0n) is 15.8. The van der Waals surface area contributed by atoms with Crippen LogP contribution in [0.2, 0.25) is 0 Å². The molecule has 0 spiro atoms. The molecule has 3 aromatic rings. The molecule has 2 aliphatic rings. The number of halogens is 2. The van der Waals surface area contributed by atoms with E-state index >= 15 is 0 Å². The van der Waals surface area contributed by atoms with Crippen molar-refractivity contribution in [2.24, 2.45) is 17.6 Å². The summed E-state index contributed by atoms with van der Waals surface area (Å²) in [4.78, 5) is 30.5. The van der Waals surface area contributed by atoms with Crippen LogP contribution in [0.15, 0.2) is 41.3 Å². The monoisotopic (exact) mass is 412 g/mol. The van der Waals surface area contributed by atoms with Crippen LogP contribution in [0.3, 0.4) is 0 Å². The third-order valence-corrected chi connectivity index (χ3v) is 6.16. The van der Waals surface area contributed by atoms with Crippen molar-refractivity contribution < 1.29 is 18.7 Å². The molecule has 0 amide bonds. The SMILES string of the molecule is N[C@H]1C[C@H]2CN(c3nc4c(cc3F)c(=O)c(C(=O)O)cn4-c3ccc(F)cc3)C[C@H]21. The van der Waals surface area contributed by atoms with Gasteiger partial charge in [-0.25, -0.2) is 18.6 Å². The molecule has 3 heterocycles. The Balaban J connectivity index is 1.72. The first-order chi connectivity index (χ1) is 14.3. The van der Waals surface area contributed by atoms with Gasteiger partial charge in [0.05, 0.1) is 5.39 Å². The van der Waals surface area contributed by atoms with Crippen molar-refractivity contribution in [3.05, 3.63) is 63.9 Å². The second-order valence-corrected chi connectivity index (χ2v) is 7.92. The molecule has 0 radical (unpaired) electrons. The molecular weight excluding hydrogens is 394 g/mol. The van der Waals surface area contributed by atoms with E-state index in [9.17, 15) is 23.5 Å². The fourth-order valence-corrected chi connectivity index (χ4v) is 4.52. The number of aromatic nitrogens is 2. The Bertz CT molecular complexity index is 1240. The lowest BCUT2D eigenvalue weighted by molar-refractivity contribution is 0.0695. The number of fused-ring (bicyclic) bond motifs is 2. The Morgan fingerprint density at radius 2 is 1.93 bits per heavy atom. The molecule has 30 heavy (non-hydrogen) atoms. The number of benzene rings is 1. The molecule has 9 heteroatoms. The number of pyridine rings is 2. The van der Waals surface area contributed by atoms with Crippen LogP contribution in [0.4, 0.5) is 14.6 Å². The van der Waals surface area contributed by atoms with Crippen LogP contribution >= 0.6 is 0 Å². The summed E-state index contributed by atoms with van der Waals surface area (Å²) in [5, 5.41) is 9.27. The van der Waals surface area contributed by atoms with Gasteiger partial charge in [0, 0.05) is 31.0 Å². The summed E-state index contributed by atoms with van der Waals surface area (Å²) in [6.45, 7) is 1.21. The molecule has 1 aliphatic heterocycles. The van der Waals surface area contributed by atoms with E-state index in [0.717, 1.165) is 18.7 Å². The zero-order valence-corrected chi connectivity index (χ0v) is 15.8. The number of hydrogen-bond acceptors (Lipinski definition) is 5. The topological polar surface area (TPSA) is 101 Å². The maximum absolute atomic E-state index is 15.0. The van der Waals surface area contributed by atoms with E-state index in [-0.39, 0.29) is 28.8 Å². The van der Waals surface area contributed by atoms with Crippen molar-refractivity contribution in [1.29, 1.82) is 0 Å². The van der Waals surface area contributed by atoms with Crippen molar-refractivity contribution in [2.45, 2.75) is 12.5 Å². The molecule has 5 rings (SSSR count). The molecule has 2 fully saturated rings. The molecule has 1 aromatic carbocycles. The smallest absolute Gasteiger partial charge is 0.341 e. The molecule has 3 atom stereocenters. The number of nitrogens with zero attached hydrogens (tertiary/aromatic N) is 3. The van der Waals surface area contributed by atoms with Crippen molar-refractivity contribution in [3.63, 3.8) is 0 Å². The Labute approximate surface area is 169 Å². The van der Waals surface area contributed by atoms with Gasteiger partial charge >= 0.3 is 5.97 Å². The highest BCUT2D eigenvalue weighted by atomic mass is 19.1. The first kappa shape index (κ1) is 18.7. The van der Waals surface area contributed by atoms with Gasteiger partial charge in [-0.2, -0.15) is 0 Å². The lowest BCUT2D eigenvalue weighted by Crippen LogP contribution is -2.46. The van der Waals surface area contributed by atoms with Crippen LogP contribution in [0, 0.1) is 23.5 Å². The van der Waals surface area contributed by atoms with E-state index in [1.54, 1.807) is 0 Å². The highest BCUT2D eigenvalue weighted by molar-refractivity contribution is 5.92. The van der Waals surface area contributed by atoms with E-state index in [1.165, 1.54) is 28.8 Å². The van der Waals surface area contributed by atoms with Crippen LogP contribution < -0.4 is 16.1 Å². The summed E-state index contributed by atoms with van der Waals surface area (Å²) < 4.78 is 29.7. The van der Waals surface area contributed by atoms with E-state index in [2.05, 4.69) is 4.98 Å². The second kappa shape index (κ2) is 6.60. The Hall–Kier alpha value is -3.33. The summed E-state index contributed by atoms with van der Waals surface area (Å²) >= 11 is 0. The number of hydrogen-bond donors (Lipinski definition) is 2. The van der Waals surface area contributed by atoms with Gasteiger partial charge in [-0.05, 0) is 48.6 Å². The van der Waals surface area contributed by atoms with Gasteiger partial charge in [0.2, 0.25) is 5.43 Å². The minimum absolute atomic E-state index is 0.0963. The minimum atomic E-state index is -1.44. The standard InChI is InChI=1S/C21H18F2N4O3/c22-11-1-3-12(4-2-11)27-9-15(21(29)30)18(28)13-6-16(23)20(25-19(13)27)26-7-10-5-17(24)14(10)8-26/h1-4,6,9-10,14,17H,5,7-8,24H2,(H,29,30)/t10-,14+,17-/m0/s1. The first-order valence-corrected chi connectivity index (χ1v) is 9.59. The number of nitrogens with two attached hydrogens (primary N) is 1. The van der Waals surface area contributed by atoms with Gasteiger partial charge in [0.25, 0.3) is 0 Å². The molecule has 1 saturated carbocycles. The molecule has 0 bridgehead atoms. The molecule has 1 saturated heterocycles. The fraction of sp³-hybridized carbons (Fsp3) is 0.286. The lowest BCUT2D eigenvalue weighted by Gasteiger charge is -2.36. The number of aromatic carboxylic acids is 1. The average Bonchev–Trinajstić information content (AvgIpc) is 3.06. The lowest BCUT2D eigenvalue weighted by atomic mass is 9.72. The zero-order chi connectivity index (χ0) is 21.2. The number of anilines is 1. The molecule has 1 aliphatic carbocycles. The summed E-state index contributed by atoms with van der Waals surface area (Å²) in [5.41, 5.74) is 5.20. The molecular formula is C21H18F2N4O3. The van der Waals surface area contributed by atoms with Crippen molar-refractivity contribution in [3.8, 4) is 5.69 Å². The quantitative estimate of drug-likeness (QED) is 0.684. The number of carbonyl (C=O) groups is 1. The van der Waals surface area contributed by atoms with Gasteiger partial charge in [-0.3, -0.25) is 4.79 Å². The van der Waals surface area contributed by atoms with Crippen LogP contribution in [0.5, 0.6) is 0 Å². The summed E-state index contributed by atoms with van der Waals surface area (Å²) in [5.74, 6) is -1.82. The van der Waals surface area contributed by atoms with E-state index < -0.39 is 28.6 Å². The van der Waals surface area contributed by atoms with Gasteiger partial charge in [-0.1, -0.05) is 0 Å². The summed E-state index contributed by atoms with van der Waals surface area (Å²) in [6.07, 6.45) is 2.02. The van der Waals surface area contributed by atoms with Gasteiger partial charge in [-0.15, -0.1) is 0 Å². The number of carboxylic acid groups (broad SMARTS) is 1. The van der Waals surface area contributed by atoms with Crippen LogP contribution in [-0.4, -0.2) is 39.8 Å². The largest absolute Gasteiger partial charge is 0.477 e. The summed E-state index contributed by atoms with van der Waals surface area (Å²) in [6, 6.07) is 6.43. The fourth-order valence-electron chi connectivity index (χ4n) is 4.52. The highest BCUT2D eigenvalue weighted by Gasteiger charge is 2.46. The number of rotatable bonds is 3. The van der Waals surface area contributed by atoms with Gasteiger partial charge in [0.15, 0.2) is 17.3 Å². The Morgan fingerprint density at radius 1 is 1.20 bits per heavy atom. The van der Waals surface area contributed by atoms with Gasteiger partial charge in [0.1, 0.15) is 11.4 Å². The normalized spacial score (nSPS) is 22.8. The van der Waals surface area contributed by atoms with E-state index in [4.69, 9.17) is 5.73 Å². The molecule has 154 valence electrons. The molecule has 3 N–H and O–H groups in total. The Kier molecular flexibility index (Phi) is 4.11. The van der Waals surface area contributed by atoms with E-state index in [0.29, 0.717) is 24.7 Å². The van der Waals surface area contributed by atoms with Crippen LogP contribution in [-0.2, 0) is 0 Å². The van der Waals surface area contributed by atoms with Crippen molar-refractivity contribution in [1.82, 2.24) is 9.55 Å². The van der Waals surface area contributed by atoms with Gasteiger partial charge < -0.3 is 20.3 Å². The van der Waals surface area contributed by atoms with Crippen molar-refractivity contribution in [2.75, 3.05) is 18.0 Å². The van der Waals surface area contributed by atoms with E-state index in [1.807, 2.05) is 4.90 Å².